The third-order valence-electron chi connectivity index (χ3n) is 6.06. The number of nitrogens with zero attached hydrogens (tertiary/aromatic N) is 5. The minimum atomic E-state index is -1.21. The van der Waals surface area contributed by atoms with Crippen LogP contribution in [0.5, 0.6) is 0 Å². The molecule has 0 saturated heterocycles. The standard InChI is InChI=1S/C23H30BrN5O2Si/c1-15-18(24)13-26-21-20(15)27-22(29(21)14-31-11-12-32(3,4)5)23(30)28-10-8-19-17(16(28)2)7-6-9-25-19/h6-7,9,13,16H,8,10-12,14H2,1-5H3/t16-/m1/s1. The zero-order valence-electron chi connectivity index (χ0n) is 19.4. The molecule has 0 aromatic carbocycles. The molecule has 1 amide bonds. The summed E-state index contributed by atoms with van der Waals surface area (Å²) in [7, 11) is -1.21. The van der Waals surface area contributed by atoms with Gasteiger partial charge in [-0.1, -0.05) is 25.7 Å². The lowest BCUT2D eigenvalue weighted by Gasteiger charge is -2.34. The normalized spacial score (nSPS) is 16.4. The molecule has 9 heteroatoms. The van der Waals surface area contributed by atoms with Crippen molar-refractivity contribution in [2.45, 2.75) is 58.7 Å². The van der Waals surface area contributed by atoms with Gasteiger partial charge in [0.1, 0.15) is 12.2 Å². The summed E-state index contributed by atoms with van der Waals surface area (Å²) in [5, 5.41) is 0. The van der Waals surface area contributed by atoms with E-state index in [0.717, 1.165) is 39.3 Å². The molecule has 1 aliphatic rings. The van der Waals surface area contributed by atoms with Gasteiger partial charge in [0, 0.05) is 50.2 Å². The number of carbonyl (C=O) groups is 1. The fraction of sp³-hybridized carbons (Fsp3) is 0.478. The van der Waals surface area contributed by atoms with Crippen LogP contribution in [0, 0.1) is 6.92 Å². The van der Waals surface area contributed by atoms with E-state index in [1.807, 2.05) is 28.7 Å². The van der Waals surface area contributed by atoms with Crippen molar-refractivity contribution in [2.75, 3.05) is 13.2 Å². The molecule has 4 rings (SSSR count). The number of aryl methyl sites for hydroxylation is 1. The Morgan fingerprint density at radius 2 is 2.09 bits per heavy atom. The SMILES string of the molecule is Cc1c(Br)cnc2c1nc(C(=O)N1CCc3ncccc3[C@H]1C)n2COCC[Si](C)(C)C. The first-order chi connectivity index (χ1) is 15.2. The molecule has 0 fully saturated rings. The molecule has 3 aromatic rings. The molecule has 7 nitrogen and oxygen atoms in total. The summed E-state index contributed by atoms with van der Waals surface area (Å²) < 4.78 is 8.72. The fourth-order valence-corrected chi connectivity index (χ4v) is 5.05. The van der Waals surface area contributed by atoms with Gasteiger partial charge in [-0.3, -0.25) is 14.3 Å². The number of halogens is 1. The van der Waals surface area contributed by atoms with Crippen LogP contribution in [-0.2, 0) is 17.9 Å². The molecule has 0 unspecified atom stereocenters. The van der Waals surface area contributed by atoms with Gasteiger partial charge in [-0.15, -0.1) is 0 Å². The highest BCUT2D eigenvalue weighted by Gasteiger charge is 2.32. The molecule has 0 aliphatic carbocycles. The van der Waals surface area contributed by atoms with Crippen LogP contribution in [0.2, 0.25) is 25.7 Å². The second-order valence-corrected chi connectivity index (χ2v) is 16.1. The quantitative estimate of drug-likeness (QED) is 0.342. The predicted octanol–water partition coefficient (Wildman–Crippen LogP) is 4.97. The molecule has 3 aromatic heterocycles. The molecule has 0 radical (unpaired) electrons. The zero-order chi connectivity index (χ0) is 23.0. The molecular weight excluding hydrogens is 486 g/mol. The molecule has 170 valence electrons. The first kappa shape index (κ1) is 23.1. The lowest BCUT2D eigenvalue weighted by atomic mass is 9.98. The monoisotopic (exact) mass is 515 g/mol. The van der Waals surface area contributed by atoms with Crippen LogP contribution < -0.4 is 0 Å². The lowest BCUT2D eigenvalue weighted by molar-refractivity contribution is 0.0605. The molecule has 1 atom stereocenters. The lowest BCUT2D eigenvalue weighted by Crippen LogP contribution is -2.40. The van der Waals surface area contributed by atoms with Gasteiger partial charge >= 0.3 is 0 Å². The number of imidazole rings is 1. The number of rotatable bonds is 6. The van der Waals surface area contributed by atoms with Gasteiger partial charge in [0.05, 0.1) is 6.04 Å². The van der Waals surface area contributed by atoms with Gasteiger partial charge in [-0.25, -0.2) is 9.97 Å². The summed E-state index contributed by atoms with van der Waals surface area (Å²) in [5.41, 5.74) is 4.52. The highest BCUT2D eigenvalue weighted by Crippen LogP contribution is 2.31. The number of aromatic nitrogens is 4. The predicted molar refractivity (Wildman–Crippen MR) is 131 cm³/mol. The molecular formula is C23H30BrN5O2Si. The van der Waals surface area contributed by atoms with Crippen LogP contribution in [-0.4, -0.2) is 51.6 Å². The number of hydrogen-bond acceptors (Lipinski definition) is 5. The van der Waals surface area contributed by atoms with E-state index in [2.05, 4.69) is 58.5 Å². The largest absolute Gasteiger partial charge is 0.361 e. The molecule has 0 bridgehead atoms. The van der Waals surface area contributed by atoms with Crippen LogP contribution in [0.4, 0.5) is 0 Å². The molecule has 32 heavy (non-hydrogen) atoms. The van der Waals surface area contributed by atoms with Gasteiger partial charge in [-0.2, -0.15) is 0 Å². The Hall–Kier alpha value is -2.10. The first-order valence-corrected chi connectivity index (χ1v) is 15.5. The summed E-state index contributed by atoms with van der Waals surface area (Å²) in [4.78, 5) is 29.4. The molecule has 1 aliphatic heterocycles. The summed E-state index contributed by atoms with van der Waals surface area (Å²) >= 11 is 3.54. The third-order valence-corrected chi connectivity index (χ3v) is 8.56. The van der Waals surface area contributed by atoms with Gasteiger partial charge in [0.15, 0.2) is 5.65 Å². The van der Waals surface area contributed by atoms with Gasteiger partial charge < -0.3 is 9.64 Å². The number of pyridine rings is 2. The highest BCUT2D eigenvalue weighted by molar-refractivity contribution is 9.10. The first-order valence-electron chi connectivity index (χ1n) is 11.0. The van der Waals surface area contributed by atoms with Crippen LogP contribution >= 0.6 is 15.9 Å². The second-order valence-electron chi connectivity index (χ2n) is 9.58. The summed E-state index contributed by atoms with van der Waals surface area (Å²) in [6.07, 6.45) is 4.31. The zero-order valence-corrected chi connectivity index (χ0v) is 21.9. The molecule has 0 spiro atoms. The number of hydrogen-bond donors (Lipinski definition) is 0. The van der Waals surface area contributed by atoms with E-state index in [4.69, 9.17) is 9.72 Å². The summed E-state index contributed by atoms with van der Waals surface area (Å²) in [5.74, 6) is 0.273. The van der Waals surface area contributed by atoms with Crippen molar-refractivity contribution < 1.29 is 9.53 Å². The van der Waals surface area contributed by atoms with Gasteiger partial charge in [0.25, 0.3) is 5.91 Å². The molecule has 0 saturated carbocycles. The van der Waals surface area contributed by atoms with Crippen molar-refractivity contribution in [1.82, 2.24) is 24.4 Å². The van der Waals surface area contributed by atoms with Gasteiger partial charge in [-0.05, 0) is 53.0 Å². The Morgan fingerprint density at radius 3 is 2.84 bits per heavy atom. The number of amides is 1. The Morgan fingerprint density at radius 1 is 1.31 bits per heavy atom. The van der Waals surface area contributed by atoms with Crippen LogP contribution in [0.1, 0.15) is 40.4 Å². The highest BCUT2D eigenvalue weighted by atomic mass is 79.9. The minimum Gasteiger partial charge on any atom is -0.361 e. The Labute approximate surface area is 198 Å². The van der Waals surface area contributed by atoms with Crippen LogP contribution in [0.3, 0.4) is 0 Å². The average molecular weight is 517 g/mol. The van der Waals surface area contributed by atoms with E-state index < -0.39 is 8.07 Å². The van der Waals surface area contributed by atoms with Crippen molar-refractivity contribution >= 4 is 41.1 Å². The topological polar surface area (TPSA) is 73.1 Å². The van der Waals surface area contributed by atoms with Crippen LogP contribution in [0.25, 0.3) is 11.2 Å². The minimum absolute atomic E-state index is 0.0678. The maximum atomic E-state index is 13.7. The van der Waals surface area contributed by atoms with Crippen molar-refractivity contribution in [2.24, 2.45) is 0 Å². The van der Waals surface area contributed by atoms with Crippen molar-refractivity contribution in [3.8, 4) is 0 Å². The Kier molecular flexibility index (Phi) is 6.51. The van der Waals surface area contributed by atoms with E-state index in [1.165, 1.54) is 0 Å². The van der Waals surface area contributed by atoms with E-state index in [9.17, 15) is 4.79 Å². The van der Waals surface area contributed by atoms with Crippen LogP contribution in [0.15, 0.2) is 29.0 Å². The third kappa shape index (κ3) is 4.51. The maximum absolute atomic E-state index is 13.7. The smallest absolute Gasteiger partial charge is 0.290 e. The van der Waals surface area contributed by atoms with E-state index in [0.29, 0.717) is 24.6 Å². The number of carbonyl (C=O) groups excluding carboxylic acids is 1. The van der Waals surface area contributed by atoms with E-state index >= 15 is 0 Å². The molecule has 4 heterocycles. The maximum Gasteiger partial charge on any atom is 0.290 e. The fourth-order valence-electron chi connectivity index (χ4n) is 4.01. The molecule has 0 N–H and O–H groups in total. The second kappa shape index (κ2) is 9.03. The van der Waals surface area contributed by atoms with Crippen molar-refractivity contribution in [1.29, 1.82) is 0 Å². The average Bonchev–Trinajstić information content (AvgIpc) is 3.12. The number of fused-ring (bicyclic) bond motifs is 2. The van der Waals surface area contributed by atoms with Gasteiger partial charge in [0.2, 0.25) is 5.82 Å². The summed E-state index contributed by atoms with van der Waals surface area (Å²) in [6, 6.07) is 4.98. The summed E-state index contributed by atoms with van der Waals surface area (Å²) in [6.45, 7) is 12.5. The Balaban J connectivity index is 1.68. The Bertz CT molecular complexity index is 1160. The van der Waals surface area contributed by atoms with Crippen molar-refractivity contribution in [3.05, 3.63) is 51.6 Å². The van der Waals surface area contributed by atoms with E-state index in [1.54, 1.807) is 6.20 Å². The van der Waals surface area contributed by atoms with Crippen molar-refractivity contribution in [3.63, 3.8) is 0 Å². The number of ether oxygens (including phenoxy) is 1. The van der Waals surface area contributed by atoms with E-state index in [-0.39, 0.29) is 18.7 Å².